The Hall–Kier alpha value is -1.63. The van der Waals surface area contributed by atoms with Gasteiger partial charge in [-0.15, -0.1) is 0 Å². The van der Waals surface area contributed by atoms with Crippen LogP contribution in [0.5, 0.6) is 0 Å². The topological polar surface area (TPSA) is 64.7 Å². The highest BCUT2D eigenvalue weighted by atomic mass is 79.9. The second kappa shape index (κ2) is 6.89. The van der Waals surface area contributed by atoms with Crippen LogP contribution in [0, 0.1) is 13.8 Å². The van der Waals surface area contributed by atoms with Gasteiger partial charge >= 0.3 is 0 Å². The number of rotatable bonds is 6. The SMILES string of the molecule is CCn1cc(C(=O)NCCCn2cc(Br)c(C)n2)c(C)n1. The number of carbonyl (C=O) groups is 1. The van der Waals surface area contributed by atoms with Crippen LogP contribution in [0.4, 0.5) is 0 Å². The summed E-state index contributed by atoms with van der Waals surface area (Å²) in [7, 11) is 0. The van der Waals surface area contributed by atoms with E-state index >= 15 is 0 Å². The molecule has 2 aromatic rings. The van der Waals surface area contributed by atoms with Crippen LogP contribution in [0.15, 0.2) is 16.9 Å². The average molecular weight is 354 g/mol. The molecule has 2 heterocycles. The molecule has 7 heteroatoms. The molecule has 2 rings (SSSR count). The second-order valence-electron chi connectivity index (χ2n) is 4.92. The summed E-state index contributed by atoms with van der Waals surface area (Å²) in [6, 6.07) is 0. The Labute approximate surface area is 132 Å². The largest absolute Gasteiger partial charge is 0.352 e. The first-order valence-corrected chi connectivity index (χ1v) is 7.82. The van der Waals surface area contributed by atoms with Crippen molar-refractivity contribution in [1.29, 1.82) is 0 Å². The van der Waals surface area contributed by atoms with E-state index in [0.717, 1.165) is 35.4 Å². The summed E-state index contributed by atoms with van der Waals surface area (Å²) in [5.41, 5.74) is 2.39. The fraction of sp³-hybridized carbons (Fsp3) is 0.500. The standard InChI is InChI=1S/C14H20BrN5O/c1-4-19-8-12(10(2)17-19)14(21)16-6-5-7-20-9-13(15)11(3)18-20/h8-9H,4-7H2,1-3H3,(H,16,21). The molecule has 21 heavy (non-hydrogen) atoms. The minimum absolute atomic E-state index is 0.0648. The Balaban J connectivity index is 1.80. The first-order chi connectivity index (χ1) is 10.0. The van der Waals surface area contributed by atoms with Gasteiger partial charge in [0.05, 0.1) is 21.4 Å². The quantitative estimate of drug-likeness (QED) is 0.810. The third kappa shape index (κ3) is 3.93. The number of hydrogen-bond donors (Lipinski definition) is 1. The van der Waals surface area contributed by atoms with Crippen LogP contribution in [-0.2, 0) is 13.1 Å². The lowest BCUT2D eigenvalue weighted by Gasteiger charge is -2.04. The zero-order valence-corrected chi connectivity index (χ0v) is 14.1. The van der Waals surface area contributed by atoms with Crippen LogP contribution in [0.25, 0.3) is 0 Å². The number of amides is 1. The second-order valence-corrected chi connectivity index (χ2v) is 5.77. The summed E-state index contributed by atoms with van der Waals surface area (Å²) in [5.74, 6) is -0.0648. The van der Waals surface area contributed by atoms with Gasteiger partial charge in [-0.25, -0.2) is 0 Å². The molecule has 0 saturated heterocycles. The van der Waals surface area contributed by atoms with Gasteiger partial charge < -0.3 is 5.32 Å². The fourth-order valence-corrected chi connectivity index (χ4v) is 2.36. The van der Waals surface area contributed by atoms with Crippen LogP contribution in [0.1, 0.15) is 35.1 Å². The molecule has 0 radical (unpaired) electrons. The lowest BCUT2D eigenvalue weighted by atomic mass is 10.2. The van der Waals surface area contributed by atoms with Gasteiger partial charge in [0.15, 0.2) is 0 Å². The molecule has 1 amide bonds. The molecule has 0 aliphatic rings. The lowest BCUT2D eigenvalue weighted by Crippen LogP contribution is -2.25. The molecule has 6 nitrogen and oxygen atoms in total. The normalized spacial score (nSPS) is 10.9. The van der Waals surface area contributed by atoms with E-state index < -0.39 is 0 Å². The van der Waals surface area contributed by atoms with Crippen molar-refractivity contribution in [3.8, 4) is 0 Å². The van der Waals surface area contributed by atoms with Gasteiger partial charge in [0.2, 0.25) is 0 Å². The van der Waals surface area contributed by atoms with E-state index in [4.69, 9.17) is 0 Å². The van der Waals surface area contributed by atoms with Gasteiger partial charge in [0, 0.05) is 32.0 Å². The maximum absolute atomic E-state index is 12.1. The van der Waals surface area contributed by atoms with E-state index in [1.807, 2.05) is 31.6 Å². The minimum atomic E-state index is -0.0648. The Morgan fingerprint density at radius 2 is 1.95 bits per heavy atom. The zero-order chi connectivity index (χ0) is 15.4. The summed E-state index contributed by atoms with van der Waals surface area (Å²) in [6.07, 6.45) is 4.57. The van der Waals surface area contributed by atoms with Crippen molar-refractivity contribution >= 4 is 21.8 Å². The summed E-state index contributed by atoms with van der Waals surface area (Å²) in [5, 5.41) is 11.6. The third-order valence-corrected chi connectivity index (χ3v) is 4.03. The van der Waals surface area contributed by atoms with E-state index in [0.29, 0.717) is 12.1 Å². The summed E-state index contributed by atoms with van der Waals surface area (Å²) >= 11 is 3.43. The van der Waals surface area contributed by atoms with E-state index in [1.54, 1.807) is 10.9 Å². The highest BCUT2D eigenvalue weighted by molar-refractivity contribution is 9.10. The van der Waals surface area contributed by atoms with Gasteiger partial charge in [-0.2, -0.15) is 10.2 Å². The van der Waals surface area contributed by atoms with E-state index in [9.17, 15) is 4.79 Å². The van der Waals surface area contributed by atoms with E-state index in [-0.39, 0.29) is 5.91 Å². The maximum Gasteiger partial charge on any atom is 0.254 e. The molecule has 0 atom stereocenters. The Morgan fingerprint density at radius 3 is 2.52 bits per heavy atom. The molecule has 2 aromatic heterocycles. The highest BCUT2D eigenvalue weighted by Gasteiger charge is 2.12. The number of nitrogens with zero attached hydrogens (tertiary/aromatic N) is 4. The molecule has 1 N–H and O–H groups in total. The highest BCUT2D eigenvalue weighted by Crippen LogP contribution is 2.13. The van der Waals surface area contributed by atoms with Crippen LogP contribution >= 0.6 is 15.9 Å². The van der Waals surface area contributed by atoms with Gasteiger partial charge in [-0.3, -0.25) is 14.2 Å². The summed E-state index contributed by atoms with van der Waals surface area (Å²) in [6.45, 7) is 7.97. The van der Waals surface area contributed by atoms with Crippen molar-refractivity contribution in [3.63, 3.8) is 0 Å². The molecule has 0 unspecified atom stereocenters. The Morgan fingerprint density at radius 1 is 1.24 bits per heavy atom. The zero-order valence-electron chi connectivity index (χ0n) is 12.6. The Kier molecular flexibility index (Phi) is 5.17. The fourth-order valence-electron chi connectivity index (χ4n) is 2.05. The van der Waals surface area contributed by atoms with Gasteiger partial charge in [-0.05, 0) is 43.1 Å². The van der Waals surface area contributed by atoms with Crippen LogP contribution in [-0.4, -0.2) is 32.0 Å². The maximum atomic E-state index is 12.1. The Bertz CT molecular complexity index is 612. The molecule has 0 fully saturated rings. The van der Waals surface area contributed by atoms with Crippen LogP contribution in [0.3, 0.4) is 0 Å². The minimum Gasteiger partial charge on any atom is -0.352 e. The predicted octanol–water partition coefficient (Wildman–Crippen LogP) is 2.30. The van der Waals surface area contributed by atoms with Crippen molar-refractivity contribution in [2.75, 3.05) is 6.54 Å². The number of aryl methyl sites for hydroxylation is 4. The van der Waals surface area contributed by atoms with Crippen LogP contribution in [0.2, 0.25) is 0 Å². The number of carbonyl (C=O) groups excluding carboxylic acids is 1. The van der Waals surface area contributed by atoms with Gasteiger partial charge in [0.1, 0.15) is 0 Å². The molecule has 0 bridgehead atoms. The molecular weight excluding hydrogens is 334 g/mol. The van der Waals surface area contributed by atoms with E-state index in [1.165, 1.54) is 0 Å². The first-order valence-electron chi connectivity index (χ1n) is 7.03. The van der Waals surface area contributed by atoms with E-state index in [2.05, 4.69) is 31.4 Å². The summed E-state index contributed by atoms with van der Waals surface area (Å²) in [4.78, 5) is 12.1. The molecule has 0 aliphatic carbocycles. The number of halogens is 1. The molecule has 0 spiro atoms. The van der Waals surface area contributed by atoms with Crippen molar-refractivity contribution in [1.82, 2.24) is 24.9 Å². The van der Waals surface area contributed by atoms with Gasteiger partial charge in [0.25, 0.3) is 5.91 Å². The molecular formula is C14H20BrN5O. The number of aromatic nitrogens is 4. The van der Waals surface area contributed by atoms with Crippen molar-refractivity contribution in [2.45, 2.75) is 40.3 Å². The van der Waals surface area contributed by atoms with Crippen LogP contribution < -0.4 is 5.32 Å². The molecule has 0 aliphatic heterocycles. The molecule has 0 saturated carbocycles. The average Bonchev–Trinajstić information content (AvgIpc) is 2.98. The first kappa shape index (κ1) is 15.8. The number of nitrogens with one attached hydrogen (secondary N) is 1. The number of hydrogen-bond acceptors (Lipinski definition) is 3. The molecule has 114 valence electrons. The monoisotopic (exact) mass is 353 g/mol. The smallest absolute Gasteiger partial charge is 0.254 e. The van der Waals surface area contributed by atoms with Gasteiger partial charge in [-0.1, -0.05) is 0 Å². The third-order valence-electron chi connectivity index (χ3n) is 3.25. The van der Waals surface area contributed by atoms with Crippen molar-refractivity contribution in [2.24, 2.45) is 0 Å². The van der Waals surface area contributed by atoms with Crippen molar-refractivity contribution in [3.05, 3.63) is 33.8 Å². The van der Waals surface area contributed by atoms with Crippen molar-refractivity contribution < 1.29 is 4.79 Å². The molecule has 0 aromatic carbocycles. The summed E-state index contributed by atoms with van der Waals surface area (Å²) < 4.78 is 4.66. The predicted molar refractivity (Wildman–Crippen MR) is 84.3 cm³/mol. The lowest BCUT2D eigenvalue weighted by molar-refractivity contribution is 0.0952.